The monoisotopic (exact) mass is 401 g/mol. The Labute approximate surface area is 161 Å². The maximum atomic E-state index is 11.8. The number of aromatic nitrogens is 2. The topological polar surface area (TPSA) is 67.2 Å². The van der Waals surface area contributed by atoms with Crippen LogP contribution in [-0.2, 0) is 11.3 Å². The highest BCUT2D eigenvalue weighted by Gasteiger charge is 2.14. The van der Waals surface area contributed by atoms with Gasteiger partial charge in [0.15, 0.2) is 0 Å². The van der Waals surface area contributed by atoms with Crippen LogP contribution in [0.2, 0.25) is 15.2 Å². The van der Waals surface area contributed by atoms with E-state index in [9.17, 15) is 4.79 Å². The number of benzene rings is 1. The highest BCUT2D eigenvalue weighted by molar-refractivity contribution is 6.36. The van der Waals surface area contributed by atoms with E-state index in [0.717, 1.165) is 5.56 Å². The van der Waals surface area contributed by atoms with Gasteiger partial charge in [-0.15, -0.1) is 0 Å². The van der Waals surface area contributed by atoms with Crippen molar-refractivity contribution in [3.8, 4) is 0 Å². The van der Waals surface area contributed by atoms with Gasteiger partial charge in [-0.25, -0.2) is 4.68 Å². The Hall–Kier alpha value is -1.53. The molecular weight excluding hydrogens is 385 g/mol. The Morgan fingerprint density at radius 3 is 2.60 bits per heavy atom. The second-order valence-electron chi connectivity index (χ2n) is 5.57. The molecule has 0 aliphatic heterocycles. The van der Waals surface area contributed by atoms with Gasteiger partial charge in [-0.05, 0) is 32.1 Å². The summed E-state index contributed by atoms with van der Waals surface area (Å²) in [6.45, 7) is 3.69. The Kier molecular flexibility index (Phi) is 6.90. The molecule has 8 heteroatoms. The number of amides is 1. The van der Waals surface area contributed by atoms with Gasteiger partial charge in [-0.3, -0.25) is 4.79 Å². The van der Waals surface area contributed by atoms with Crippen LogP contribution in [0.3, 0.4) is 0 Å². The van der Waals surface area contributed by atoms with Crippen molar-refractivity contribution in [3.05, 3.63) is 56.3 Å². The van der Waals surface area contributed by atoms with Crippen molar-refractivity contribution in [3.63, 3.8) is 0 Å². The van der Waals surface area contributed by atoms with Crippen molar-refractivity contribution in [1.82, 2.24) is 15.1 Å². The van der Waals surface area contributed by atoms with Crippen LogP contribution in [-0.4, -0.2) is 33.4 Å². The van der Waals surface area contributed by atoms with Gasteiger partial charge in [0.25, 0.3) is 0 Å². The van der Waals surface area contributed by atoms with Crippen molar-refractivity contribution in [2.45, 2.75) is 26.4 Å². The lowest BCUT2D eigenvalue weighted by atomic mass is 10.2. The van der Waals surface area contributed by atoms with E-state index in [2.05, 4.69) is 10.4 Å². The summed E-state index contributed by atoms with van der Waals surface area (Å²) in [7, 11) is 0. The molecule has 0 aliphatic rings. The van der Waals surface area contributed by atoms with E-state index >= 15 is 0 Å². The summed E-state index contributed by atoms with van der Waals surface area (Å²) in [5, 5.41) is 17.4. The van der Waals surface area contributed by atoms with E-state index < -0.39 is 0 Å². The average molecular weight is 403 g/mol. The number of carbonyl (C=O) groups is 1. The molecule has 5 nitrogen and oxygen atoms in total. The number of hydrogen-bond acceptors (Lipinski definition) is 3. The second kappa shape index (κ2) is 8.72. The third kappa shape index (κ3) is 4.98. The largest absolute Gasteiger partial charge is 0.394 e. The van der Waals surface area contributed by atoms with E-state index in [1.165, 1.54) is 6.08 Å². The Morgan fingerprint density at radius 2 is 2.00 bits per heavy atom. The first-order valence-electron chi connectivity index (χ1n) is 7.58. The number of aryl methyl sites for hydroxylation is 1. The van der Waals surface area contributed by atoms with Crippen LogP contribution in [0.5, 0.6) is 0 Å². The summed E-state index contributed by atoms with van der Waals surface area (Å²) in [6, 6.07) is 4.95. The molecule has 0 saturated heterocycles. The van der Waals surface area contributed by atoms with Gasteiger partial charge < -0.3 is 10.4 Å². The number of carbonyl (C=O) groups excluding carboxylic acids is 1. The maximum Gasteiger partial charge on any atom is 0.244 e. The summed E-state index contributed by atoms with van der Waals surface area (Å²) >= 11 is 18.8. The van der Waals surface area contributed by atoms with Crippen molar-refractivity contribution >= 4 is 46.8 Å². The lowest BCUT2D eigenvalue weighted by Gasteiger charge is -2.08. The highest BCUT2D eigenvalue weighted by Crippen LogP contribution is 2.28. The highest BCUT2D eigenvalue weighted by atomic mass is 35.5. The van der Waals surface area contributed by atoms with E-state index in [4.69, 9.17) is 39.9 Å². The molecular formula is C17H18Cl3N3O2. The molecule has 25 heavy (non-hydrogen) atoms. The minimum absolute atomic E-state index is 0.129. The molecule has 0 radical (unpaired) electrons. The van der Waals surface area contributed by atoms with Gasteiger partial charge in [-0.2, -0.15) is 5.10 Å². The predicted octanol–water partition coefficient (Wildman–Crippen LogP) is 3.71. The van der Waals surface area contributed by atoms with Crippen LogP contribution in [0, 0.1) is 6.92 Å². The van der Waals surface area contributed by atoms with Crippen molar-refractivity contribution in [2.24, 2.45) is 0 Å². The Bertz CT molecular complexity index is 782. The summed E-state index contributed by atoms with van der Waals surface area (Å²) < 4.78 is 1.58. The van der Waals surface area contributed by atoms with Crippen molar-refractivity contribution in [2.75, 3.05) is 6.61 Å². The molecule has 2 rings (SSSR count). The zero-order valence-corrected chi connectivity index (χ0v) is 16.0. The molecule has 2 aromatic rings. The average Bonchev–Trinajstić information content (AvgIpc) is 2.82. The second-order valence-corrected chi connectivity index (χ2v) is 6.75. The van der Waals surface area contributed by atoms with E-state index in [1.54, 1.807) is 42.8 Å². The third-order valence-electron chi connectivity index (χ3n) is 3.54. The van der Waals surface area contributed by atoms with Gasteiger partial charge >= 0.3 is 0 Å². The van der Waals surface area contributed by atoms with Crippen molar-refractivity contribution < 1.29 is 9.90 Å². The van der Waals surface area contributed by atoms with Crippen LogP contribution < -0.4 is 5.32 Å². The minimum Gasteiger partial charge on any atom is -0.394 e. The fourth-order valence-electron chi connectivity index (χ4n) is 2.19. The molecule has 1 amide bonds. The summed E-state index contributed by atoms with van der Waals surface area (Å²) in [4.78, 5) is 11.8. The number of aliphatic hydroxyl groups excluding tert-OH is 1. The third-order valence-corrected chi connectivity index (χ3v) is 4.65. The number of aliphatic hydroxyl groups is 1. The van der Waals surface area contributed by atoms with Crippen LogP contribution >= 0.6 is 34.8 Å². The first kappa shape index (κ1) is 19.8. The van der Waals surface area contributed by atoms with Crippen molar-refractivity contribution in [1.29, 1.82) is 0 Å². The first-order valence-corrected chi connectivity index (χ1v) is 8.72. The van der Waals surface area contributed by atoms with E-state index in [0.29, 0.717) is 33.0 Å². The normalized spacial score (nSPS) is 12.6. The molecule has 134 valence electrons. The molecule has 2 N–H and O–H groups in total. The first-order chi connectivity index (χ1) is 11.8. The number of hydrogen-bond donors (Lipinski definition) is 2. The molecule has 0 spiro atoms. The lowest BCUT2D eigenvalue weighted by Crippen LogP contribution is -2.33. The quantitative estimate of drug-likeness (QED) is 0.724. The van der Waals surface area contributed by atoms with Gasteiger partial charge in [-0.1, -0.05) is 40.9 Å². The Balaban J connectivity index is 2.22. The summed E-state index contributed by atoms with van der Waals surface area (Å²) in [5.74, 6) is -0.320. The molecule has 0 saturated carbocycles. The van der Waals surface area contributed by atoms with Gasteiger partial charge in [0.2, 0.25) is 5.91 Å². The fraction of sp³-hybridized carbons (Fsp3) is 0.294. The molecule has 1 aromatic heterocycles. The van der Waals surface area contributed by atoms with Crippen LogP contribution in [0.1, 0.15) is 23.7 Å². The maximum absolute atomic E-state index is 11.8. The van der Waals surface area contributed by atoms with E-state index in [1.807, 2.05) is 0 Å². The van der Waals surface area contributed by atoms with Crippen LogP contribution in [0.15, 0.2) is 24.3 Å². The zero-order chi connectivity index (χ0) is 18.6. The Morgan fingerprint density at radius 1 is 1.36 bits per heavy atom. The molecule has 1 unspecified atom stereocenters. The van der Waals surface area contributed by atoms with E-state index in [-0.39, 0.29) is 18.6 Å². The lowest BCUT2D eigenvalue weighted by molar-refractivity contribution is -0.117. The number of nitrogens with one attached hydrogen (secondary N) is 1. The zero-order valence-electron chi connectivity index (χ0n) is 13.8. The van der Waals surface area contributed by atoms with Gasteiger partial charge in [0, 0.05) is 33.3 Å². The number of nitrogens with zero attached hydrogens (tertiary/aromatic N) is 2. The van der Waals surface area contributed by atoms with Gasteiger partial charge in [0.05, 0.1) is 18.8 Å². The fourth-order valence-corrected chi connectivity index (χ4v) is 3.00. The molecule has 1 atom stereocenters. The van der Waals surface area contributed by atoms with Crippen LogP contribution in [0.25, 0.3) is 6.08 Å². The van der Waals surface area contributed by atoms with Gasteiger partial charge in [0.1, 0.15) is 5.15 Å². The number of halogens is 3. The number of rotatable bonds is 6. The SMILES string of the molecule is Cc1nn(Cc2c(Cl)cccc2Cl)c(Cl)c1/C=C/C(=O)NC(C)CO. The molecule has 0 aliphatic carbocycles. The van der Waals surface area contributed by atoms with Crippen LogP contribution in [0.4, 0.5) is 0 Å². The molecule has 1 aromatic carbocycles. The molecule has 0 bridgehead atoms. The predicted molar refractivity (Wildman–Crippen MR) is 101 cm³/mol. The molecule has 1 heterocycles. The standard InChI is InChI=1S/C17H18Cl3N3O2/c1-10(9-24)21-16(25)7-6-12-11(2)22-23(17(12)20)8-13-14(18)4-3-5-15(13)19/h3-7,10,24H,8-9H2,1-2H3,(H,21,25)/b7-6+. The summed E-state index contributed by atoms with van der Waals surface area (Å²) in [5.41, 5.74) is 2.03. The molecule has 0 fully saturated rings. The smallest absolute Gasteiger partial charge is 0.244 e. The summed E-state index contributed by atoms with van der Waals surface area (Å²) in [6.07, 6.45) is 2.95. The minimum atomic E-state index is -0.321.